The molecule has 2 atom stereocenters. The van der Waals surface area contributed by atoms with Gasteiger partial charge in [0.1, 0.15) is 5.82 Å². The van der Waals surface area contributed by atoms with E-state index in [2.05, 4.69) is 58.1 Å². The van der Waals surface area contributed by atoms with Crippen molar-refractivity contribution in [1.29, 1.82) is 0 Å². The highest BCUT2D eigenvalue weighted by molar-refractivity contribution is 5.80. The molecule has 7 nitrogen and oxygen atoms in total. The number of guanidine groups is 1. The van der Waals surface area contributed by atoms with Crippen LogP contribution in [0.4, 0.5) is 0 Å². The Morgan fingerprint density at radius 2 is 2.15 bits per heavy atom. The summed E-state index contributed by atoms with van der Waals surface area (Å²) in [5.74, 6) is 4.08. The van der Waals surface area contributed by atoms with Crippen molar-refractivity contribution in [2.75, 3.05) is 33.2 Å². The van der Waals surface area contributed by atoms with Crippen LogP contribution in [-0.4, -0.2) is 64.9 Å². The van der Waals surface area contributed by atoms with Crippen molar-refractivity contribution < 1.29 is 0 Å². The van der Waals surface area contributed by atoms with Crippen molar-refractivity contribution in [3.05, 3.63) is 11.6 Å². The molecule has 0 aliphatic carbocycles. The zero-order valence-corrected chi connectivity index (χ0v) is 16.8. The molecule has 1 aromatic rings. The molecule has 146 valence electrons. The van der Waals surface area contributed by atoms with Gasteiger partial charge in [0.2, 0.25) is 0 Å². The first-order valence-electron chi connectivity index (χ1n) is 10.2. The Hall–Kier alpha value is -1.63. The maximum Gasteiger partial charge on any atom is 0.191 e. The normalized spacial score (nSPS) is 24.6. The van der Waals surface area contributed by atoms with Crippen molar-refractivity contribution in [3.8, 4) is 0 Å². The molecule has 3 heterocycles. The smallest absolute Gasteiger partial charge is 0.191 e. The lowest BCUT2D eigenvalue weighted by atomic mass is 9.99. The predicted octanol–water partition coefficient (Wildman–Crippen LogP) is 1.61. The van der Waals surface area contributed by atoms with E-state index in [-0.39, 0.29) is 0 Å². The summed E-state index contributed by atoms with van der Waals surface area (Å²) in [5.41, 5.74) is 0. The van der Waals surface area contributed by atoms with Gasteiger partial charge in [-0.3, -0.25) is 4.99 Å². The summed E-state index contributed by atoms with van der Waals surface area (Å²) in [4.78, 5) is 12.0. The van der Waals surface area contributed by atoms with Crippen LogP contribution in [0.1, 0.15) is 57.6 Å². The number of piperidine rings is 1. The summed E-state index contributed by atoms with van der Waals surface area (Å²) in [6, 6.07) is 0.357. The summed E-state index contributed by atoms with van der Waals surface area (Å²) in [5, 5.41) is 11.7. The molecule has 1 aromatic heterocycles. The molecule has 0 amide bonds. The molecule has 0 aromatic carbocycles. The van der Waals surface area contributed by atoms with Crippen LogP contribution in [0.5, 0.6) is 0 Å². The van der Waals surface area contributed by atoms with E-state index in [0.29, 0.717) is 17.9 Å². The molecule has 0 radical (unpaired) electrons. The van der Waals surface area contributed by atoms with Gasteiger partial charge in [-0.2, -0.15) is 5.10 Å². The summed E-state index contributed by atoms with van der Waals surface area (Å²) >= 11 is 0. The number of fused-ring (bicyclic) bond motifs is 1. The maximum absolute atomic E-state index is 4.88. The molecule has 2 aliphatic heterocycles. The van der Waals surface area contributed by atoms with Crippen LogP contribution in [-0.2, 0) is 13.0 Å². The number of nitrogens with one attached hydrogen (secondary N) is 2. The van der Waals surface area contributed by atoms with Gasteiger partial charge in [-0.05, 0) is 45.7 Å². The summed E-state index contributed by atoms with van der Waals surface area (Å²) < 4.78 is 2.08. The molecule has 2 N–H and O–H groups in total. The Morgan fingerprint density at radius 1 is 1.31 bits per heavy atom. The van der Waals surface area contributed by atoms with Gasteiger partial charge in [-0.25, -0.2) is 9.67 Å². The minimum absolute atomic E-state index is 0.357. The number of hydrogen-bond donors (Lipinski definition) is 2. The lowest BCUT2D eigenvalue weighted by molar-refractivity contribution is 0.214. The lowest BCUT2D eigenvalue weighted by Gasteiger charge is -2.29. The molecule has 0 spiro atoms. The largest absolute Gasteiger partial charge is 0.357 e. The van der Waals surface area contributed by atoms with Crippen molar-refractivity contribution >= 4 is 5.96 Å². The molecule has 1 saturated heterocycles. The third kappa shape index (κ3) is 4.96. The molecule has 7 heteroatoms. The van der Waals surface area contributed by atoms with Crippen LogP contribution < -0.4 is 10.6 Å². The molecular formula is C19H35N7. The number of likely N-dealkylation sites (tertiary alicyclic amines) is 1. The van der Waals surface area contributed by atoms with Gasteiger partial charge in [-0.15, -0.1) is 0 Å². The van der Waals surface area contributed by atoms with E-state index in [1.807, 2.05) is 0 Å². The summed E-state index contributed by atoms with van der Waals surface area (Å²) in [6.07, 6.45) is 4.63. The van der Waals surface area contributed by atoms with E-state index in [9.17, 15) is 0 Å². The lowest BCUT2D eigenvalue weighted by Crippen LogP contribution is -2.47. The highest BCUT2D eigenvalue weighted by Gasteiger charge is 2.23. The Bertz CT molecular complexity index is 607. The zero-order valence-electron chi connectivity index (χ0n) is 16.8. The van der Waals surface area contributed by atoms with E-state index in [1.54, 1.807) is 0 Å². The number of nitrogens with zero attached hydrogens (tertiary/aromatic N) is 5. The number of aromatic nitrogens is 3. The van der Waals surface area contributed by atoms with Crippen molar-refractivity contribution in [2.45, 2.75) is 65.0 Å². The second kappa shape index (κ2) is 8.84. The van der Waals surface area contributed by atoms with Crippen molar-refractivity contribution in [3.63, 3.8) is 0 Å². The minimum Gasteiger partial charge on any atom is -0.357 e. The van der Waals surface area contributed by atoms with Gasteiger partial charge >= 0.3 is 0 Å². The average Bonchev–Trinajstić information content (AvgIpc) is 3.04. The van der Waals surface area contributed by atoms with Gasteiger partial charge in [0.05, 0.1) is 6.54 Å². The highest BCUT2D eigenvalue weighted by atomic mass is 15.4. The van der Waals surface area contributed by atoms with Crippen molar-refractivity contribution in [2.24, 2.45) is 10.9 Å². The molecule has 26 heavy (non-hydrogen) atoms. The fraction of sp³-hybridized carbons (Fsp3) is 0.842. The zero-order chi connectivity index (χ0) is 18.5. The Balaban J connectivity index is 1.58. The minimum atomic E-state index is 0.357. The molecule has 0 saturated carbocycles. The third-order valence-corrected chi connectivity index (χ3v) is 5.31. The molecule has 1 fully saturated rings. The molecule has 0 bridgehead atoms. The van der Waals surface area contributed by atoms with Gasteiger partial charge in [0.25, 0.3) is 0 Å². The first-order valence-corrected chi connectivity index (χ1v) is 10.2. The van der Waals surface area contributed by atoms with E-state index >= 15 is 0 Å². The molecule has 2 unspecified atom stereocenters. The monoisotopic (exact) mass is 361 g/mol. The fourth-order valence-electron chi connectivity index (χ4n) is 3.85. The molecular weight excluding hydrogens is 326 g/mol. The van der Waals surface area contributed by atoms with Gasteiger partial charge in [0, 0.05) is 38.0 Å². The number of aliphatic imine (C=N–C) groups is 1. The third-order valence-electron chi connectivity index (χ3n) is 5.31. The summed E-state index contributed by atoms with van der Waals surface area (Å²) in [6.45, 7) is 11.5. The SMILES string of the molecule is CCNC(=NCC1CCCN(C)C1)NC1CCc2nc(C(C)C)nn2C1. The molecule has 2 aliphatic rings. The van der Waals surface area contributed by atoms with Gasteiger partial charge in [0.15, 0.2) is 11.8 Å². The standard InChI is InChI=1S/C19H35N7/c1-5-20-19(21-11-15-7-6-10-25(4)12-15)22-16-8-9-17-23-18(14(2)3)24-26(17)13-16/h14-16H,5-13H2,1-4H3,(H2,20,21,22). The van der Waals surface area contributed by atoms with Gasteiger partial charge in [-0.1, -0.05) is 13.8 Å². The first kappa shape index (κ1) is 19.1. The van der Waals surface area contributed by atoms with Crippen LogP contribution in [0, 0.1) is 5.92 Å². The fourth-order valence-corrected chi connectivity index (χ4v) is 3.85. The van der Waals surface area contributed by atoms with E-state index in [1.165, 1.54) is 19.4 Å². The van der Waals surface area contributed by atoms with Crippen LogP contribution >= 0.6 is 0 Å². The topological polar surface area (TPSA) is 70.4 Å². The van der Waals surface area contributed by atoms with Crippen LogP contribution in [0.15, 0.2) is 4.99 Å². The summed E-state index contributed by atoms with van der Waals surface area (Å²) in [7, 11) is 2.21. The Morgan fingerprint density at radius 3 is 2.88 bits per heavy atom. The average molecular weight is 362 g/mol. The second-order valence-electron chi connectivity index (χ2n) is 8.09. The van der Waals surface area contributed by atoms with Crippen molar-refractivity contribution in [1.82, 2.24) is 30.3 Å². The Kier molecular flexibility index (Phi) is 6.51. The quantitative estimate of drug-likeness (QED) is 0.616. The number of aryl methyl sites for hydroxylation is 1. The van der Waals surface area contributed by atoms with E-state index in [0.717, 1.165) is 56.6 Å². The van der Waals surface area contributed by atoms with Crippen LogP contribution in [0.3, 0.4) is 0 Å². The second-order valence-corrected chi connectivity index (χ2v) is 8.09. The van der Waals surface area contributed by atoms with Crippen LogP contribution in [0.25, 0.3) is 0 Å². The van der Waals surface area contributed by atoms with E-state index < -0.39 is 0 Å². The van der Waals surface area contributed by atoms with E-state index in [4.69, 9.17) is 4.99 Å². The van der Waals surface area contributed by atoms with Crippen LogP contribution in [0.2, 0.25) is 0 Å². The first-order chi connectivity index (χ1) is 12.5. The maximum atomic E-state index is 4.88. The number of rotatable bonds is 5. The van der Waals surface area contributed by atoms with Gasteiger partial charge < -0.3 is 15.5 Å². The predicted molar refractivity (Wildman–Crippen MR) is 106 cm³/mol. The number of hydrogen-bond acceptors (Lipinski definition) is 4. The highest BCUT2D eigenvalue weighted by Crippen LogP contribution is 2.17. The Labute approximate surface area is 157 Å². The molecule has 3 rings (SSSR count).